The van der Waals surface area contributed by atoms with E-state index in [0.717, 1.165) is 6.07 Å². The summed E-state index contributed by atoms with van der Waals surface area (Å²) in [5.41, 5.74) is 5.93. The third-order valence-electron chi connectivity index (χ3n) is 2.02. The third-order valence-corrected chi connectivity index (χ3v) is 2.02. The van der Waals surface area contributed by atoms with Gasteiger partial charge in [-0.25, -0.2) is 13.8 Å². The van der Waals surface area contributed by atoms with Gasteiger partial charge in [0.1, 0.15) is 5.52 Å². The Morgan fingerprint density at radius 2 is 1.69 bits per heavy atom. The maximum atomic E-state index is 13.2. The quantitative estimate of drug-likeness (QED) is 0.862. The average Bonchev–Trinajstić information content (AvgIpc) is 2.23. The number of fused-ring (bicyclic) bond motifs is 1. The second kappa shape index (κ2) is 5.94. The van der Waals surface area contributed by atoms with Gasteiger partial charge in [0, 0.05) is 11.9 Å². The number of benzene rings is 1. The number of aromatic nitrogens is 1. The topological polar surface area (TPSA) is 38.9 Å². The zero-order valence-electron chi connectivity index (χ0n) is 8.11. The Bertz CT molecular complexity index is 491. The van der Waals surface area contributed by atoms with Gasteiger partial charge in [-0.15, -0.1) is 24.8 Å². The van der Waals surface area contributed by atoms with Crippen molar-refractivity contribution in [2.75, 3.05) is 0 Å². The average molecular weight is 267 g/mol. The van der Waals surface area contributed by atoms with Crippen LogP contribution >= 0.6 is 24.8 Å². The van der Waals surface area contributed by atoms with Crippen molar-refractivity contribution in [2.24, 2.45) is 5.73 Å². The summed E-state index contributed by atoms with van der Waals surface area (Å²) >= 11 is 0. The number of pyridine rings is 1. The van der Waals surface area contributed by atoms with E-state index in [1.54, 1.807) is 12.1 Å². The van der Waals surface area contributed by atoms with Crippen LogP contribution in [0, 0.1) is 11.6 Å². The molecule has 2 N–H and O–H groups in total. The van der Waals surface area contributed by atoms with Gasteiger partial charge in [-0.1, -0.05) is 6.07 Å². The molecule has 16 heavy (non-hydrogen) atoms. The SMILES string of the molecule is Cl.Cl.NCc1ccc2ccc(F)c(F)c2n1. The molecule has 0 spiro atoms. The molecule has 1 aromatic carbocycles. The van der Waals surface area contributed by atoms with Gasteiger partial charge in [0.2, 0.25) is 0 Å². The summed E-state index contributed by atoms with van der Waals surface area (Å²) in [7, 11) is 0. The van der Waals surface area contributed by atoms with E-state index in [9.17, 15) is 8.78 Å². The molecule has 6 heteroatoms. The maximum absolute atomic E-state index is 13.2. The number of rotatable bonds is 1. The predicted molar refractivity (Wildman–Crippen MR) is 64.0 cm³/mol. The van der Waals surface area contributed by atoms with E-state index in [2.05, 4.69) is 4.98 Å². The molecule has 0 saturated carbocycles. The third kappa shape index (κ3) is 2.58. The molecule has 0 radical (unpaired) electrons. The van der Waals surface area contributed by atoms with Crippen LogP contribution in [0.4, 0.5) is 8.78 Å². The molecule has 1 aromatic heterocycles. The first kappa shape index (κ1) is 15.0. The van der Waals surface area contributed by atoms with Crippen LogP contribution in [0.1, 0.15) is 5.69 Å². The first-order chi connectivity index (χ1) is 6.72. The number of nitrogens with two attached hydrogens (primary N) is 1. The summed E-state index contributed by atoms with van der Waals surface area (Å²) in [6.45, 7) is 0.214. The highest BCUT2D eigenvalue weighted by molar-refractivity contribution is 5.85. The second-order valence-corrected chi connectivity index (χ2v) is 2.94. The minimum atomic E-state index is -0.919. The highest BCUT2D eigenvalue weighted by Crippen LogP contribution is 2.18. The lowest BCUT2D eigenvalue weighted by molar-refractivity contribution is 0.515. The highest BCUT2D eigenvalue weighted by atomic mass is 35.5. The Hall–Kier alpha value is -0.970. The molecule has 0 saturated heterocycles. The van der Waals surface area contributed by atoms with E-state index < -0.39 is 11.6 Å². The minimum Gasteiger partial charge on any atom is -0.325 e. The molecule has 2 rings (SSSR count). The van der Waals surface area contributed by atoms with Crippen LogP contribution in [-0.4, -0.2) is 4.98 Å². The second-order valence-electron chi connectivity index (χ2n) is 2.94. The Kier molecular flexibility index (Phi) is 5.58. The highest BCUT2D eigenvalue weighted by Gasteiger charge is 2.08. The Morgan fingerprint density at radius 1 is 1.06 bits per heavy atom. The molecule has 0 amide bonds. The normalized spacial score (nSPS) is 9.44. The molecule has 0 aliphatic rings. The van der Waals surface area contributed by atoms with Crippen molar-refractivity contribution in [3.05, 3.63) is 41.6 Å². The largest absolute Gasteiger partial charge is 0.325 e. The van der Waals surface area contributed by atoms with Crippen molar-refractivity contribution in [2.45, 2.75) is 6.54 Å². The molecule has 2 aromatic rings. The molecule has 0 fully saturated rings. The first-order valence-corrected chi connectivity index (χ1v) is 4.16. The number of hydrogen-bond donors (Lipinski definition) is 1. The van der Waals surface area contributed by atoms with Crippen molar-refractivity contribution in [3.8, 4) is 0 Å². The fourth-order valence-electron chi connectivity index (χ4n) is 1.28. The van der Waals surface area contributed by atoms with Gasteiger partial charge in [-0.2, -0.15) is 0 Å². The predicted octanol–water partition coefficient (Wildman–Crippen LogP) is 2.82. The molecule has 0 aliphatic carbocycles. The van der Waals surface area contributed by atoms with Gasteiger partial charge in [0.05, 0.1) is 5.69 Å². The standard InChI is InChI=1S/C10H8F2N2.2ClH/c11-8-4-2-6-1-3-7(5-13)14-10(6)9(8)12;;/h1-4H,5,13H2;2*1H. The van der Waals surface area contributed by atoms with Crippen molar-refractivity contribution < 1.29 is 8.78 Å². The van der Waals surface area contributed by atoms with Crippen LogP contribution in [0.25, 0.3) is 10.9 Å². The van der Waals surface area contributed by atoms with E-state index in [4.69, 9.17) is 5.73 Å². The fourth-order valence-corrected chi connectivity index (χ4v) is 1.28. The zero-order chi connectivity index (χ0) is 10.1. The van der Waals surface area contributed by atoms with Crippen molar-refractivity contribution >= 4 is 35.7 Å². The van der Waals surface area contributed by atoms with Crippen LogP contribution in [0.5, 0.6) is 0 Å². The Labute approximate surface area is 104 Å². The Balaban J connectivity index is 0.00000112. The van der Waals surface area contributed by atoms with E-state index in [0.29, 0.717) is 11.1 Å². The Morgan fingerprint density at radius 3 is 2.31 bits per heavy atom. The van der Waals surface area contributed by atoms with Crippen LogP contribution in [0.15, 0.2) is 24.3 Å². The first-order valence-electron chi connectivity index (χ1n) is 4.16. The maximum Gasteiger partial charge on any atom is 0.184 e. The number of halogens is 4. The van der Waals surface area contributed by atoms with E-state index in [-0.39, 0.29) is 36.9 Å². The van der Waals surface area contributed by atoms with Crippen molar-refractivity contribution in [1.29, 1.82) is 0 Å². The fraction of sp³-hybridized carbons (Fsp3) is 0.100. The molecule has 0 bridgehead atoms. The molecule has 0 unspecified atom stereocenters. The summed E-state index contributed by atoms with van der Waals surface area (Å²) < 4.78 is 26.1. The van der Waals surface area contributed by atoms with E-state index >= 15 is 0 Å². The monoisotopic (exact) mass is 266 g/mol. The summed E-state index contributed by atoms with van der Waals surface area (Å²) in [5.74, 6) is -1.81. The van der Waals surface area contributed by atoms with E-state index in [1.807, 2.05) is 0 Å². The summed E-state index contributed by atoms with van der Waals surface area (Å²) in [6.07, 6.45) is 0. The number of nitrogens with zero attached hydrogens (tertiary/aromatic N) is 1. The van der Waals surface area contributed by atoms with Gasteiger partial charge in [-0.3, -0.25) is 0 Å². The molecule has 0 atom stereocenters. The number of hydrogen-bond acceptors (Lipinski definition) is 2. The van der Waals surface area contributed by atoms with Crippen molar-refractivity contribution in [3.63, 3.8) is 0 Å². The van der Waals surface area contributed by atoms with Crippen LogP contribution in [-0.2, 0) is 6.54 Å². The molecular weight excluding hydrogens is 257 g/mol. The smallest absolute Gasteiger partial charge is 0.184 e. The lowest BCUT2D eigenvalue weighted by atomic mass is 10.2. The molecule has 2 nitrogen and oxygen atoms in total. The van der Waals surface area contributed by atoms with Crippen molar-refractivity contribution in [1.82, 2.24) is 4.98 Å². The van der Waals surface area contributed by atoms with Gasteiger partial charge in [0.15, 0.2) is 11.6 Å². The molecule has 1 heterocycles. The van der Waals surface area contributed by atoms with Gasteiger partial charge >= 0.3 is 0 Å². The summed E-state index contributed by atoms with van der Waals surface area (Å²) in [6, 6.07) is 5.94. The molecule has 88 valence electrons. The van der Waals surface area contributed by atoms with Crippen LogP contribution in [0.2, 0.25) is 0 Å². The lowest BCUT2D eigenvalue weighted by Crippen LogP contribution is -2.00. The van der Waals surface area contributed by atoms with Gasteiger partial charge in [0.25, 0.3) is 0 Å². The molecule has 0 aliphatic heterocycles. The summed E-state index contributed by atoms with van der Waals surface area (Å²) in [4.78, 5) is 3.91. The lowest BCUT2D eigenvalue weighted by Gasteiger charge is -2.01. The summed E-state index contributed by atoms with van der Waals surface area (Å²) in [5, 5.41) is 0.570. The zero-order valence-corrected chi connectivity index (χ0v) is 9.75. The van der Waals surface area contributed by atoms with Gasteiger partial charge < -0.3 is 5.73 Å². The molecular formula is C10H10Cl2F2N2. The minimum absolute atomic E-state index is 0. The van der Waals surface area contributed by atoms with Crippen LogP contribution < -0.4 is 5.73 Å². The van der Waals surface area contributed by atoms with E-state index in [1.165, 1.54) is 6.07 Å². The van der Waals surface area contributed by atoms with Crippen LogP contribution in [0.3, 0.4) is 0 Å². The van der Waals surface area contributed by atoms with Gasteiger partial charge in [-0.05, 0) is 18.2 Å².